The average Bonchev–Trinajstić information content (AvgIpc) is 2.58. The Labute approximate surface area is 143 Å². The molecule has 0 aromatic heterocycles. The van der Waals surface area contributed by atoms with Gasteiger partial charge in [0.1, 0.15) is 17.5 Å². The van der Waals surface area contributed by atoms with Gasteiger partial charge in [0, 0.05) is 38.8 Å². The topological polar surface area (TPSA) is 35.6 Å². The summed E-state index contributed by atoms with van der Waals surface area (Å²) in [6.07, 6.45) is 0. The van der Waals surface area contributed by atoms with Crippen molar-refractivity contribution in [3.05, 3.63) is 65.5 Å². The van der Waals surface area contributed by atoms with Crippen molar-refractivity contribution in [1.82, 2.24) is 9.80 Å². The van der Waals surface area contributed by atoms with Gasteiger partial charge in [-0.05, 0) is 29.8 Å². The van der Waals surface area contributed by atoms with Gasteiger partial charge < -0.3 is 10.2 Å². The summed E-state index contributed by atoms with van der Waals surface area (Å²) in [5.41, 5.74) is 0.833. The van der Waals surface area contributed by atoms with Crippen LogP contribution in [0, 0.1) is 17.5 Å². The number of urea groups is 1. The van der Waals surface area contributed by atoms with Crippen LogP contribution in [0.5, 0.6) is 0 Å². The van der Waals surface area contributed by atoms with Crippen molar-refractivity contribution in [2.24, 2.45) is 0 Å². The van der Waals surface area contributed by atoms with Crippen molar-refractivity contribution < 1.29 is 18.0 Å². The van der Waals surface area contributed by atoms with E-state index >= 15 is 0 Å². The SMILES string of the molecule is O=C(Nc1ccc(F)cc1F)N1CCN(Cc2cccc(F)c2)CC1. The Balaban J connectivity index is 1.52. The van der Waals surface area contributed by atoms with Crippen LogP contribution in [0.1, 0.15) is 5.56 Å². The minimum absolute atomic E-state index is 0.0476. The summed E-state index contributed by atoms with van der Waals surface area (Å²) < 4.78 is 39.7. The van der Waals surface area contributed by atoms with E-state index in [1.807, 2.05) is 6.07 Å². The van der Waals surface area contributed by atoms with Gasteiger partial charge >= 0.3 is 6.03 Å². The Bertz CT molecular complexity index is 761. The molecule has 2 amide bonds. The molecule has 2 aromatic carbocycles. The van der Waals surface area contributed by atoms with Gasteiger partial charge in [0.25, 0.3) is 0 Å². The molecule has 0 atom stereocenters. The summed E-state index contributed by atoms with van der Waals surface area (Å²) in [5.74, 6) is -1.77. The molecule has 2 aromatic rings. The first-order valence-corrected chi connectivity index (χ1v) is 7.99. The number of amides is 2. The molecule has 132 valence electrons. The highest BCUT2D eigenvalue weighted by Gasteiger charge is 2.22. The molecule has 0 aliphatic carbocycles. The third-order valence-electron chi connectivity index (χ3n) is 4.13. The van der Waals surface area contributed by atoms with E-state index in [1.54, 1.807) is 11.0 Å². The minimum Gasteiger partial charge on any atom is -0.322 e. The first kappa shape index (κ1) is 17.3. The summed E-state index contributed by atoms with van der Waals surface area (Å²) >= 11 is 0. The highest BCUT2D eigenvalue weighted by molar-refractivity contribution is 5.89. The van der Waals surface area contributed by atoms with E-state index in [0.29, 0.717) is 32.7 Å². The fourth-order valence-corrected chi connectivity index (χ4v) is 2.79. The van der Waals surface area contributed by atoms with Crippen LogP contribution in [-0.4, -0.2) is 42.0 Å². The molecule has 7 heteroatoms. The molecule has 0 spiro atoms. The maximum Gasteiger partial charge on any atom is 0.322 e. The van der Waals surface area contributed by atoms with Crippen molar-refractivity contribution in [1.29, 1.82) is 0 Å². The van der Waals surface area contributed by atoms with Crippen LogP contribution in [-0.2, 0) is 6.54 Å². The standard InChI is InChI=1S/C18H18F3N3O/c19-14-3-1-2-13(10-14)12-23-6-8-24(9-7-23)18(25)22-17-5-4-15(20)11-16(17)21/h1-5,10-11H,6-9,12H2,(H,22,25). The molecule has 0 bridgehead atoms. The fourth-order valence-electron chi connectivity index (χ4n) is 2.79. The van der Waals surface area contributed by atoms with Crippen molar-refractivity contribution >= 4 is 11.7 Å². The van der Waals surface area contributed by atoms with Gasteiger partial charge in [0.05, 0.1) is 5.69 Å². The molecule has 0 saturated carbocycles. The lowest BCUT2D eigenvalue weighted by Crippen LogP contribution is -2.49. The molecule has 1 fully saturated rings. The first-order valence-electron chi connectivity index (χ1n) is 7.99. The molecule has 4 nitrogen and oxygen atoms in total. The normalized spacial score (nSPS) is 15.2. The largest absolute Gasteiger partial charge is 0.322 e. The quantitative estimate of drug-likeness (QED) is 0.921. The minimum atomic E-state index is -0.807. The third-order valence-corrected chi connectivity index (χ3v) is 4.13. The summed E-state index contributed by atoms with van der Waals surface area (Å²) in [7, 11) is 0. The van der Waals surface area contributed by atoms with Gasteiger partial charge in [-0.25, -0.2) is 18.0 Å². The molecule has 1 aliphatic rings. The molecule has 0 unspecified atom stereocenters. The van der Waals surface area contributed by atoms with Crippen molar-refractivity contribution in [3.63, 3.8) is 0 Å². The second-order valence-electron chi connectivity index (χ2n) is 5.95. The van der Waals surface area contributed by atoms with Crippen LogP contribution in [0.25, 0.3) is 0 Å². The van der Waals surface area contributed by atoms with E-state index in [0.717, 1.165) is 17.7 Å². The number of hydrogen-bond acceptors (Lipinski definition) is 2. The third kappa shape index (κ3) is 4.51. The van der Waals surface area contributed by atoms with Gasteiger partial charge in [-0.2, -0.15) is 0 Å². The van der Waals surface area contributed by atoms with E-state index in [2.05, 4.69) is 10.2 Å². The lowest BCUT2D eigenvalue weighted by molar-refractivity contribution is 0.143. The van der Waals surface area contributed by atoms with Crippen LogP contribution >= 0.6 is 0 Å². The first-order chi connectivity index (χ1) is 12.0. The Kier molecular flexibility index (Phi) is 5.23. The molecule has 25 heavy (non-hydrogen) atoms. The zero-order valence-corrected chi connectivity index (χ0v) is 13.5. The molecule has 0 radical (unpaired) electrons. The van der Waals surface area contributed by atoms with Gasteiger partial charge in [0.2, 0.25) is 0 Å². The van der Waals surface area contributed by atoms with Crippen LogP contribution in [0.4, 0.5) is 23.7 Å². The lowest BCUT2D eigenvalue weighted by Gasteiger charge is -2.34. The average molecular weight is 349 g/mol. The Hall–Kier alpha value is -2.54. The second-order valence-corrected chi connectivity index (χ2v) is 5.95. The smallest absolute Gasteiger partial charge is 0.322 e. The number of halogens is 3. The maximum atomic E-state index is 13.6. The highest BCUT2D eigenvalue weighted by atomic mass is 19.1. The maximum absolute atomic E-state index is 13.6. The number of benzene rings is 2. The molecule has 3 rings (SSSR count). The molecular weight excluding hydrogens is 331 g/mol. The number of carbonyl (C=O) groups excluding carboxylic acids is 1. The Morgan fingerprint density at radius 2 is 1.68 bits per heavy atom. The Morgan fingerprint density at radius 3 is 2.36 bits per heavy atom. The predicted molar refractivity (Wildman–Crippen MR) is 88.6 cm³/mol. The van der Waals surface area contributed by atoms with Crippen LogP contribution in [0.15, 0.2) is 42.5 Å². The second kappa shape index (κ2) is 7.57. The number of nitrogens with zero attached hydrogens (tertiary/aromatic N) is 2. The molecule has 1 heterocycles. The van der Waals surface area contributed by atoms with E-state index in [1.165, 1.54) is 18.2 Å². The number of nitrogens with one attached hydrogen (secondary N) is 1. The summed E-state index contributed by atoms with van der Waals surface area (Å²) in [6.45, 7) is 2.83. The van der Waals surface area contributed by atoms with E-state index in [4.69, 9.17) is 0 Å². The van der Waals surface area contributed by atoms with Gasteiger partial charge in [0.15, 0.2) is 0 Å². The van der Waals surface area contributed by atoms with Crippen LogP contribution in [0.3, 0.4) is 0 Å². The monoisotopic (exact) mass is 349 g/mol. The fraction of sp³-hybridized carbons (Fsp3) is 0.278. The number of rotatable bonds is 3. The van der Waals surface area contributed by atoms with Crippen LogP contribution in [0.2, 0.25) is 0 Å². The van der Waals surface area contributed by atoms with E-state index in [-0.39, 0.29) is 11.5 Å². The predicted octanol–water partition coefficient (Wildman–Crippen LogP) is 3.45. The van der Waals surface area contributed by atoms with Crippen molar-refractivity contribution in [3.8, 4) is 0 Å². The highest BCUT2D eigenvalue weighted by Crippen LogP contribution is 2.16. The number of hydrogen-bond donors (Lipinski definition) is 1. The van der Waals surface area contributed by atoms with Gasteiger partial charge in [-0.15, -0.1) is 0 Å². The van der Waals surface area contributed by atoms with Crippen molar-refractivity contribution in [2.75, 3.05) is 31.5 Å². The molecule has 1 N–H and O–H groups in total. The summed E-state index contributed by atoms with van der Waals surface area (Å²) in [4.78, 5) is 15.9. The zero-order chi connectivity index (χ0) is 17.8. The van der Waals surface area contributed by atoms with E-state index < -0.39 is 17.7 Å². The zero-order valence-electron chi connectivity index (χ0n) is 13.5. The van der Waals surface area contributed by atoms with Crippen LogP contribution < -0.4 is 5.32 Å². The number of piperazine rings is 1. The number of carbonyl (C=O) groups is 1. The van der Waals surface area contributed by atoms with Crippen molar-refractivity contribution in [2.45, 2.75) is 6.54 Å². The Morgan fingerprint density at radius 1 is 0.960 bits per heavy atom. The summed E-state index contributed by atoms with van der Waals surface area (Å²) in [5, 5.41) is 2.46. The molecule has 1 saturated heterocycles. The molecule has 1 aliphatic heterocycles. The van der Waals surface area contributed by atoms with Gasteiger partial charge in [-0.1, -0.05) is 12.1 Å². The lowest BCUT2D eigenvalue weighted by atomic mass is 10.2. The number of anilines is 1. The summed E-state index contributed by atoms with van der Waals surface area (Å²) in [6, 6.07) is 9.03. The molecular formula is C18H18F3N3O. The van der Waals surface area contributed by atoms with E-state index in [9.17, 15) is 18.0 Å². The van der Waals surface area contributed by atoms with Gasteiger partial charge in [-0.3, -0.25) is 4.90 Å².